The number of amides is 1. The highest BCUT2D eigenvalue weighted by molar-refractivity contribution is 7.11. The summed E-state index contributed by atoms with van der Waals surface area (Å²) in [4.78, 5) is 29.3. The number of carboxylic acid groups (broad SMARTS) is 1. The molecule has 0 saturated heterocycles. The quantitative estimate of drug-likeness (QED) is 0.743. The largest absolute Gasteiger partial charge is 0.477 e. The maximum atomic E-state index is 12.5. The lowest BCUT2D eigenvalue weighted by atomic mass is 10.2. The second-order valence-electron chi connectivity index (χ2n) is 4.65. The molecule has 0 saturated carbocycles. The van der Waals surface area contributed by atoms with Crippen LogP contribution in [0.4, 0.5) is 0 Å². The topological polar surface area (TPSA) is 79.3 Å². The lowest BCUT2D eigenvalue weighted by Crippen LogP contribution is -2.29. The monoisotopic (exact) mass is 344 g/mol. The van der Waals surface area contributed by atoms with Crippen molar-refractivity contribution in [1.82, 2.24) is 10.3 Å². The second kappa shape index (κ2) is 6.72. The van der Waals surface area contributed by atoms with Gasteiger partial charge in [0.05, 0.1) is 6.04 Å². The van der Waals surface area contributed by atoms with Crippen molar-refractivity contribution >= 4 is 34.6 Å². The smallest absolute Gasteiger partial charge is 0.354 e. The summed E-state index contributed by atoms with van der Waals surface area (Å²) in [6.07, 6.45) is 0. The van der Waals surface area contributed by atoms with Crippen molar-refractivity contribution < 1.29 is 14.7 Å². The summed E-state index contributed by atoms with van der Waals surface area (Å²) >= 11 is 3.10. The third-order valence-electron chi connectivity index (χ3n) is 3.13. The highest BCUT2D eigenvalue weighted by Crippen LogP contribution is 2.29. The molecule has 1 amide bonds. The highest BCUT2D eigenvalue weighted by Gasteiger charge is 2.20. The van der Waals surface area contributed by atoms with E-state index in [9.17, 15) is 9.59 Å². The highest BCUT2D eigenvalue weighted by atomic mass is 32.1. The van der Waals surface area contributed by atoms with Crippen molar-refractivity contribution in [2.75, 3.05) is 0 Å². The van der Waals surface area contributed by atoms with Crippen molar-refractivity contribution in [2.24, 2.45) is 0 Å². The fourth-order valence-electron chi connectivity index (χ4n) is 2.08. The predicted octanol–water partition coefficient (Wildman–Crippen LogP) is 3.42. The first kappa shape index (κ1) is 15.4. The minimum absolute atomic E-state index is 0.0861. The zero-order valence-corrected chi connectivity index (χ0v) is 13.4. The molecule has 0 aliphatic heterocycles. The Morgan fingerprint density at radius 1 is 0.957 bits per heavy atom. The first-order valence-corrected chi connectivity index (χ1v) is 8.49. The van der Waals surface area contributed by atoms with Crippen molar-refractivity contribution in [1.29, 1.82) is 0 Å². The minimum atomic E-state index is -1.16. The molecule has 3 heterocycles. The van der Waals surface area contributed by atoms with Crippen LogP contribution >= 0.6 is 22.7 Å². The third-order valence-corrected chi connectivity index (χ3v) is 5.01. The van der Waals surface area contributed by atoms with Crippen LogP contribution in [0.1, 0.15) is 36.8 Å². The molecule has 5 nitrogen and oxygen atoms in total. The van der Waals surface area contributed by atoms with Crippen LogP contribution in [-0.2, 0) is 0 Å². The molecule has 0 atom stereocenters. The van der Waals surface area contributed by atoms with E-state index in [1.165, 1.54) is 18.2 Å². The number of pyridine rings is 1. The van der Waals surface area contributed by atoms with Crippen molar-refractivity contribution in [3.05, 3.63) is 74.4 Å². The first-order valence-electron chi connectivity index (χ1n) is 6.73. The Labute approximate surface area is 140 Å². The molecule has 0 radical (unpaired) electrons. The Balaban J connectivity index is 1.87. The average molecular weight is 344 g/mol. The predicted molar refractivity (Wildman–Crippen MR) is 89.1 cm³/mol. The molecule has 7 heteroatoms. The Morgan fingerprint density at radius 3 is 2.09 bits per heavy atom. The van der Waals surface area contributed by atoms with Crippen molar-refractivity contribution in [2.45, 2.75) is 6.04 Å². The van der Waals surface area contributed by atoms with E-state index in [1.807, 2.05) is 35.0 Å². The van der Waals surface area contributed by atoms with E-state index in [0.717, 1.165) is 9.75 Å². The van der Waals surface area contributed by atoms with E-state index in [2.05, 4.69) is 10.3 Å². The molecule has 23 heavy (non-hydrogen) atoms. The summed E-state index contributed by atoms with van der Waals surface area (Å²) in [7, 11) is 0. The third kappa shape index (κ3) is 3.46. The van der Waals surface area contributed by atoms with Gasteiger partial charge in [0.2, 0.25) is 0 Å². The van der Waals surface area contributed by atoms with Crippen LogP contribution < -0.4 is 5.32 Å². The van der Waals surface area contributed by atoms with Gasteiger partial charge in [-0.05, 0) is 35.0 Å². The van der Waals surface area contributed by atoms with Gasteiger partial charge in [0.25, 0.3) is 5.91 Å². The van der Waals surface area contributed by atoms with Crippen LogP contribution in [0.3, 0.4) is 0 Å². The zero-order chi connectivity index (χ0) is 16.2. The van der Waals surface area contributed by atoms with Crippen LogP contribution in [0.2, 0.25) is 0 Å². The van der Waals surface area contributed by atoms with E-state index >= 15 is 0 Å². The minimum Gasteiger partial charge on any atom is -0.477 e. The number of aromatic carboxylic acids is 1. The fraction of sp³-hybridized carbons (Fsp3) is 0.0625. The van der Waals surface area contributed by atoms with Crippen LogP contribution in [0.25, 0.3) is 0 Å². The molecule has 116 valence electrons. The van der Waals surface area contributed by atoms with E-state index in [-0.39, 0.29) is 17.4 Å². The average Bonchev–Trinajstić information content (AvgIpc) is 3.26. The number of nitrogens with one attached hydrogen (secondary N) is 1. The van der Waals surface area contributed by atoms with Gasteiger partial charge >= 0.3 is 5.97 Å². The van der Waals surface area contributed by atoms with Crippen LogP contribution in [0, 0.1) is 0 Å². The summed E-state index contributed by atoms with van der Waals surface area (Å²) < 4.78 is 0. The second-order valence-corrected chi connectivity index (χ2v) is 6.61. The first-order chi connectivity index (χ1) is 11.1. The van der Waals surface area contributed by atoms with Gasteiger partial charge in [0.15, 0.2) is 0 Å². The van der Waals surface area contributed by atoms with Gasteiger partial charge in [-0.3, -0.25) is 4.79 Å². The molecule has 3 rings (SSSR count). The van der Waals surface area contributed by atoms with E-state index in [1.54, 1.807) is 22.7 Å². The molecular weight excluding hydrogens is 332 g/mol. The number of thiophene rings is 2. The Morgan fingerprint density at radius 2 is 1.57 bits per heavy atom. The number of hydrogen-bond acceptors (Lipinski definition) is 5. The Bertz CT molecular complexity index is 779. The molecule has 3 aromatic rings. The molecule has 0 aliphatic carbocycles. The van der Waals surface area contributed by atoms with Crippen molar-refractivity contribution in [3.63, 3.8) is 0 Å². The van der Waals surface area contributed by atoms with Crippen LogP contribution in [0.15, 0.2) is 53.2 Å². The maximum Gasteiger partial charge on any atom is 0.354 e. The zero-order valence-electron chi connectivity index (χ0n) is 11.8. The number of carbonyl (C=O) groups is 2. The molecular formula is C16H12N2O3S2. The summed E-state index contributed by atoms with van der Waals surface area (Å²) in [5.41, 5.74) is -0.0653. The maximum absolute atomic E-state index is 12.5. The lowest BCUT2D eigenvalue weighted by Gasteiger charge is -2.16. The van der Waals surface area contributed by atoms with Gasteiger partial charge in [-0.2, -0.15) is 0 Å². The normalized spacial score (nSPS) is 10.7. The van der Waals surface area contributed by atoms with E-state index in [4.69, 9.17) is 5.11 Å². The molecule has 0 spiro atoms. The van der Waals surface area contributed by atoms with Gasteiger partial charge in [0, 0.05) is 9.75 Å². The summed E-state index contributed by atoms with van der Waals surface area (Å²) in [6, 6.07) is 11.9. The van der Waals surface area contributed by atoms with Gasteiger partial charge in [0.1, 0.15) is 11.4 Å². The Kier molecular flexibility index (Phi) is 4.50. The van der Waals surface area contributed by atoms with Gasteiger partial charge < -0.3 is 10.4 Å². The number of carbonyl (C=O) groups excluding carboxylic acids is 1. The number of hydrogen-bond donors (Lipinski definition) is 2. The van der Waals surface area contributed by atoms with Crippen molar-refractivity contribution in [3.8, 4) is 0 Å². The molecule has 0 bridgehead atoms. The van der Waals surface area contributed by atoms with E-state index < -0.39 is 11.9 Å². The summed E-state index contributed by atoms with van der Waals surface area (Å²) in [5, 5.41) is 15.8. The van der Waals surface area contributed by atoms with Gasteiger partial charge in [-0.15, -0.1) is 22.7 Å². The molecule has 2 N–H and O–H groups in total. The Hall–Kier alpha value is -2.51. The van der Waals surface area contributed by atoms with E-state index in [0.29, 0.717) is 0 Å². The number of carboxylic acids is 1. The van der Waals surface area contributed by atoms with Crippen LogP contribution in [-0.4, -0.2) is 22.0 Å². The molecule has 3 aromatic heterocycles. The van der Waals surface area contributed by atoms with Crippen LogP contribution in [0.5, 0.6) is 0 Å². The molecule has 0 aromatic carbocycles. The SMILES string of the molecule is O=C(O)c1cccc(C(=O)NC(c2cccs2)c2cccs2)n1. The number of rotatable bonds is 5. The molecule has 0 unspecified atom stereocenters. The standard InChI is InChI=1S/C16H12N2O3S2/c19-15(10-4-1-5-11(17-10)16(20)21)18-14(12-6-2-8-22-12)13-7-3-9-23-13/h1-9,14H,(H,18,19)(H,20,21). The summed E-state index contributed by atoms with van der Waals surface area (Å²) in [5.74, 6) is -1.56. The lowest BCUT2D eigenvalue weighted by molar-refractivity contribution is 0.0690. The van der Waals surface area contributed by atoms with Gasteiger partial charge in [-0.1, -0.05) is 18.2 Å². The van der Waals surface area contributed by atoms with Gasteiger partial charge in [-0.25, -0.2) is 9.78 Å². The molecule has 0 aliphatic rings. The number of aromatic nitrogens is 1. The fourth-order valence-corrected chi connectivity index (χ4v) is 3.74. The number of nitrogens with zero attached hydrogens (tertiary/aromatic N) is 1. The summed E-state index contributed by atoms with van der Waals surface area (Å²) in [6.45, 7) is 0. The molecule has 0 fully saturated rings.